The van der Waals surface area contributed by atoms with Gasteiger partial charge >= 0.3 is 6.01 Å². The van der Waals surface area contributed by atoms with Crippen LogP contribution < -0.4 is 19.7 Å². The summed E-state index contributed by atoms with van der Waals surface area (Å²) in [5, 5.41) is 40.3. The molecule has 0 aliphatic carbocycles. The molecule has 0 bridgehead atoms. The van der Waals surface area contributed by atoms with E-state index in [-0.39, 0.29) is 108 Å². The van der Waals surface area contributed by atoms with Gasteiger partial charge in [-0.1, -0.05) is 87.5 Å². The topological polar surface area (TPSA) is 224 Å². The maximum atomic E-state index is 17.3. The number of phenolic OH excluding ortho intramolecular Hbond substituents is 1. The lowest BCUT2D eigenvalue weighted by Crippen LogP contribution is -2.55. The van der Waals surface area contributed by atoms with Crippen molar-refractivity contribution in [2.24, 2.45) is 11.3 Å². The van der Waals surface area contributed by atoms with Gasteiger partial charge in [0.2, 0.25) is 17.7 Å². The summed E-state index contributed by atoms with van der Waals surface area (Å²) < 4.78 is 35.6. The molecule has 18 nitrogen and oxygen atoms in total. The van der Waals surface area contributed by atoms with Crippen LogP contribution >= 0.6 is 22.9 Å². The van der Waals surface area contributed by atoms with Gasteiger partial charge in [-0.2, -0.15) is 15.2 Å². The van der Waals surface area contributed by atoms with Gasteiger partial charge in [0, 0.05) is 61.6 Å². The van der Waals surface area contributed by atoms with E-state index in [0.717, 1.165) is 47.6 Å². The van der Waals surface area contributed by atoms with Gasteiger partial charge in [0.05, 0.1) is 58.4 Å². The number of amides is 3. The molecule has 3 aromatic heterocycles. The zero-order valence-electron chi connectivity index (χ0n) is 46.5. The minimum atomic E-state index is -0.877. The molecule has 0 saturated carbocycles. The number of carbonyl (C=O) groups is 3. The van der Waals surface area contributed by atoms with Gasteiger partial charge in [0.25, 0.3) is 5.88 Å². The van der Waals surface area contributed by atoms with Crippen LogP contribution in [0, 0.1) is 35.4 Å². The molecule has 5 atom stereocenters. The number of nitrogens with zero attached hydrogens (tertiary/aromatic N) is 9. The lowest BCUT2D eigenvalue weighted by atomic mass is 9.81. The third kappa shape index (κ3) is 12.1. The largest absolute Gasteiger partial charge is 0.508 e. The molecule has 4 aromatic carbocycles. The minimum absolute atomic E-state index is 0.0104. The predicted octanol–water partition coefficient (Wildman–Crippen LogP) is 9.62. The summed E-state index contributed by atoms with van der Waals surface area (Å²) in [5.74, 6) is -1.88. The van der Waals surface area contributed by atoms with Gasteiger partial charge in [-0.15, -0.1) is 11.3 Å². The number of thiazole rings is 1. The first-order valence-electron chi connectivity index (χ1n) is 27.6. The summed E-state index contributed by atoms with van der Waals surface area (Å²) >= 11 is 8.54. The monoisotopic (exact) mass is 1150 g/mol. The Morgan fingerprint density at radius 1 is 1.01 bits per heavy atom. The molecule has 82 heavy (non-hydrogen) atoms. The summed E-state index contributed by atoms with van der Waals surface area (Å²) in [5.41, 5.74) is 4.90. The van der Waals surface area contributed by atoms with Crippen molar-refractivity contribution < 1.29 is 43.0 Å². The predicted molar refractivity (Wildman–Crippen MR) is 311 cm³/mol. The van der Waals surface area contributed by atoms with E-state index in [1.54, 1.807) is 34.4 Å². The van der Waals surface area contributed by atoms with E-state index in [9.17, 15) is 29.9 Å². The fraction of sp³-hybridized carbons (Fsp3) is 0.410. The van der Waals surface area contributed by atoms with E-state index in [1.807, 2.05) is 86.6 Å². The number of rotatable bonds is 18. The number of nitriles is 1. The Balaban J connectivity index is 0.775. The van der Waals surface area contributed by atoms with Crippen molar-refractivity contribution in [1.29, 1.82) is 5.26 Å². The smallest absolute Gasteiger partial charge is 0.319 e. The Morgan fingerprint density at radius 3 is 2.50 bits per heavy atom. The van der Waals surface area contributed by atoms with E-state index in [0.29, 0.717) is 53.0 Å². The number of carbonyl (C=O) groups excluding carboxylic acids is 3. The molecule has 3 N–H and O–H groups in total. The van der Waals surface area contributed by atoms with Crippen LogP contribution in [0.25, 0.3) is 43.2 Å². The number of aliphatic hydroxyl groups is 1. The maximum absolute atomic E-state index is 17.3. The van der Waals surface area contributed by atoms with E-state index in [2.05, 4.69) is 44.9 Å². The fourth-order valence-electron chi connectivity index (χ4n) is 11.5. The normalized spacial score (nSPS) is 19.1. The number of halogens is 2. The van der Waals surface area contributed by atoms with E-state index in [1.165, 1.54) is 17.0 Å². The third-order valence-corrected chi connectivity index (χ3v) is 17.5. The quantitative estimate of drug-likeness (QED) is 0.0681. The minimum Gasteiger partial charge on any atom is -0.508 e. The number of aromatic hydroxyl groups is 1. The fourth-order valence-corrected chi connectivity index (χ4v) is 12.6. The standard InChI is InChI=1S/C61H66ClFN10O8S/c1-7-51(76)72-23-22-71(31-41(72)16-19-64)57-46-29-47(62)53(45-27-42(74)26-40-10-8-9-11-44(40)45)54(63)55(46)67-60(68-57)79-25-24-70-20-17-61(6,18-21-70)33-80-50-30-49(81-69-50)52(35(2)3)59(78)73-32-43(75)28-48(73)58(77)66-36(4)38-12-14-39(15-13-38)56-37(5)65-34-82-56/h7-15,26-27,29-30,34-36,41,43,48,52,74-75H,1,16-18,20-25,28,31-33H2,2-6H3,(H,66,77)/t36-,41-,43+,48-,52+/m0/s1. The number of nitrogens with one attached hydrogen (secondary N) is 1. The summed E-state index contributed by atoms with van der Waals surface area (Å²) in [4.78, 5) is 63.2. The van der Waals surface area contributed by atoms with Crippen molar-refractivity contribution in [2.75, 3.05) is 63.9 Å². The van der Waals surface area contributed by atoms with Crippen LogP contribution in [0.4, 0.5) is 10.2 Å². The molecule has 21 heteroatoms. The molecular formula is C61H66ClFN10O8S. The zero-order valence-corrected chi connectivity index (χ0v) is 48.1. The highest BCUT2D eigenvalue weighted by Gasteiger charge is 2.44. The first kappa shape index (κ1) is 57.5. The molecule has 3 saturated heterocycles. The number of likely N-dealkylation sites (tertiary alicyclic amines) is 2. The Bertz CT molecular complexity index is 3560. The number of fused-ring (bicyclic) bond motifs is 2. The van der Waals surface area contributed by atoms with Crippen molar-refractivity contribution in [2.45, 2.75) is 90.4 Å². The van der Waals surface area contributed by atoms with Gasteiger partial charge in [0.1, 0.15) is 35.7 Å². The number of anilines is 1. The Morgan fingerprint density at radius 2 is 1.78 bits per heavy atom. The van der Waals surface area contributed by atoms with E-state index >= 15 is 4.39 Å². The van der Waals surface area contributed by atoms with Crippen molar-refractivity contribution in [3.05, 3.63) is 119 Å². The highest BCUT2D eigenvalue weighted by atomic mass is 35.5. The number of aromatic nitrogens is 4. The number of phenols is 1. The molecule has 3 fully saturated rings. The van der Waals surface area contributed by atoms with E-state index in [4.69, 9.17) is 30.6 Å². The lowest BCUT2D eigenvalue weighted by Gasteiger charge is -2.41. The van der Waals surface area contributed by atoms with Crippen LogP contribution in [0.2, 0.25) is 5.02 Å². The van der Waals surface area contributed by atoms with Crippen LogP contribution in [0.1, 0.15) is 82.4 Å². The molecule has 6 heterocycles. The van der Waals surface area contributed by atoms with Crippen LogP contribution in [0.3, 0.4) is 0 Å². The van der Waals surface area contributed by atoms with Gasteiger partial charge < -0.3 is 44.2 Å². The first-order valence-corrected chi connectivity index (χ1v) is 28.9. The number of ether oxygens (including phenoxy) is 2. The molecule has 7 aromatic rings. The number of hydrogen-bond donors (Lipinski definition) is 3. The average molecular weight is 1150 g/mol. The summed E-state index contributed by atoms with van der Waals surface area (Å²) in [6.45, 7) is 16.7. The maximum Gasteiger partial charge on any atom is 0.319 e. The molecule has 10 rings (SSSR count). The van der Waals surface area contributed by atoms with Crippen molar-refractivity contribution in [1.82, 2.24) is 40.1 Å². The van der Waals surface area contributed by atoms with Gasteiger partial charge in [0.15, 0.2) is 11.6 Å². The van der Waals surface area contributed by atoms with Crippen LogP contribution in [-0.4, -0.2) is 140 Å². The molecule has 3 aliphatic rings. The number of aryl methyl sites for hydroxylation is 1. The summed E-state index contributed by atoms with van der Waals surface area (Å²) in [7, 11) is 0. The molecule has 0 radical (unpaired) electrons. The Hall–Kier alpha value is -7.70. The SMILES string of the molecule is C=CC(=O)N1CCN(c2nc(OCCN3CCC(C)(COc4cc([C@H](C(=O)N5C[C@H](O)C[C@H]5C(=O)N[C@@H](C)c5ccc(-c6scnc6C)cc5)C(C)C)on4)CC3)nc3c(F)c(-c4cc(O)cc5ccccc45)c(Cl)cc23)C[C@@H]1CC#N. The number of β-amino-alcohol motifs (C(OH)–C–C–N with tert-alkyl or cyclic N) is 1. The zero-order chi connectivity index (χ0) is 58.0. The Labute approximate surface area is 484 Å². The van der Waals surface area contributed by atoms with Gasteiger partial charge in [-0.25, -0.2) is 9.37 Å². The van der Waals surface area contributed by atoms with Crippen LogP contribution in [0.5, 0.6) is 17.6 Å². The van der Waals surface area contributed by atoms with Crippen molar-refractivity contribution in [3.8, 4) is 45.3 Å². The number of aliphatic hydroxyl groups excluding tert-OH is 1. The summed E-state index contributed by atoms with van der Waals surface area (Å²) in [6, 6.07) is 22.0. The molecule has 3 aliphatic heterocycles. The second kappa shape index (κ2) is 24.4. The second-order valence-corrected chi connectivity index (χ2v) is 23.5. The molecule has 428 valence electrons. The molecular weight excluding hydrogens is 1090 g/mol. The van der Waals surface area contributed by atoms with Gasteiger partial charge in [-0.05, 0) is 103 Å². The molecule has 3 amide bonds. The highest BCUT2D eigenvalue weighted by Crippen LogP contribution is 2.43. The van der Waals surface area contributed by atoms with Gasteiger partial charge in [-0.3, -0.25) is 19.3 Å². The van der Waals surface area contributed by atoms with Crippen molar-refractivity contribution in [3.63, 3.8) is 0 Å². The van der Waals surface area contributed by atoms with Crippen LogP contribution in [0.15, 0.2) is 95.5 Å². The number of piperazine rings is 1. The molecule has 0 spiro atoms. The average Bonchev–Trinajstić information content (AvgIpc) is 3.19. The number of piperidine rings is 1. The first-order chi connectivity index (χ1) is 39.4. The van der Waals surface area contributed by atoms with E-state index < -0.39 is 29.9 Å². The Kier molecular flexibility index (Phi) is 17.1. The highest BCUT2D eigenvalue weighted by molar-refractivity contribution is 7.13. The third-order valence-electron chi connectivity index (χ3n) is 16.2. The second-order valence-electron chi connectivity index (χ2n) is 22.3. The lowest BCUT2D eigenvalue weighted by molar-refractivity contribution is -0.141. The number of benzene rings is 4. The van der Waals surface area contributed by atoms with Crippen molar-refractivity contribution >= 4 is 68.2 Å². The number of hydrogen-bond acceptors (Lipinski definition) is 16. The molecule has 0 unspecified atom stereocenters. The van der Waals surface area contributed by atoms with Crippen LogP contribution in [-0.2, 0) is 14.4 Å². The summed E-state index contributed by atoms with van der Waals surface area (Å²) in [6.07, 6.45) is 2.08.